The van der Waals surface area contributed by atoms with E-state index in [0.29, 0.717) is 12.5 Å². The predicted octanol–water partition coefficient (Wildman–Crippen LogP) is 2.92. The third kappa shape index (κ3) is 3.25. The lowest BCUT2D eigenvalue weighted by Gasteiger charge is -2.01. The maximum Gasteiger partial charge on any atom is 0.414 e. The second-order valence-corrected chi connectivity index (χ2v) is 3.60. The normalized spacial score (nSPS) is 10.0. The second-order valence-electron chi connectivity index (χ2n) is 3.60. The van der Waals surface area contributed by atoms with Crippen molar-refractivity contribution in [3.63, 3.8) is 0 Å². The Morgan fingerprint density at radius 3 is 2.74 bits per heavy atom. The molecule has 0 saturated heterocycles. The molecule has 2 aromatic rings. The molecule has 0 aliphatic rings. The van der Waals surface area contributed by atoms with Crippen LogP contribution >= 0.6 is 0 Å². The summed E-state index contributed by atoms with van der Waals surface area (Å²) in [6.45, 7) is 2.02. The van der Waals surface area contributed by atoms with E-state index in [-0.39, 0.29) is 5.88 Å². The van der Waals surface area contributed by atoms with Crippen molar-refractivity contribution >= 4 is 12.0 Å². The zero-order valence-electron chi connectivity index (χ0n) is 10.7. The number of methoxy groups -OCH3 is 1. The van der Waals surface area contributed by atoms with Crippen LogP contribution in [0.1, 0.15) is 6.92 Å². The maximum absolute atomic E-state index is 11.2. The van der Waals surface area contributed by atoms with Gasteiger partial charge in [0.05, 0.1) is 19.9 Å². The second kappa shape index (κ2) is 5.90. The van der Waals surface area contributed by atoms with Crippen LogP contribution in [0.15, 0.2) is 34.9 Å². The first kappa shape index (κ1) is 12.9. The molecule has 1 N–H and O–H groups in total. The summed E-state index contributed by atoms with van der Waals surface area (Å²) in [5, 5.41) is 2.44. The van der Waals surface area contributed by atoms with Gasteiger partial charge >= 0.3 is 6.09 Å². The standard InChI is InChI=1S/C13H14N2O4/c1-3-18-13(16)15-11-8-14-12(19-11)9-4-6-10(17-2)7-5-9/h4-8H,3H2,1-2H3,(H,15,16). The number of carbonyl (C=O) groups excluding carboxylic acids is 1. The van der Waals surface area contributed by atoms with Gasteiger partial charge in [0.25, 0.3) is 0 Å². The summed E-state index contributed by atoms with van der Waals surface area (Å²) in [7, 11) is 1.60. The SMILES string of the molecule is CCOC(=O)Nc1cnc(-c2ccc(OC)cc2)o1. The molecule has 0 spiro atoms. The summed E-state index contributed by atoms with van der Waals surface area (Å²) < 4.78 is 15.2. The number of nitrogens with one attached hydrogen (secondary N) is 1. The quantitative estimate of drug-likeness (QED) is 0.917. The van der Waals surface area contributed by atoms with E-state index in [1.54, 1.807) is 26.2 Å². The summed E-state index contributed by atoms with van der Waals surface area (Å²) in [6.07, 6.45) is 0.858. The van der Waals surface area contributed by atoms with Gasteiger partial charge in [-0.15, -0.1) is 0 Å². The van der Waals surface area contributed by atoms with E-state index in [1.807, 2.05) is 12.1 Å². The third-order valence-electron chi connectivity index (χ3n) is 2.34. The molecular formula is C13H14N2O4. The Bertz CT molecular complexity index is 548. The molecule has 19 heavy (non-hydrogen) atoms. The molecule has 0 fully saturated rings. The number of rotatable bonds is 4. The van der Waals surface area contributed by atoms with Crippen molar-refractivity contribution in [3.05, 3.63) is 30.5 Å². The predicted molar refractivity (Wildman–Crippen MR) is 69.1 cm³/mol. The van der Waals surface area contributed by atoms with Gasteiger partial charge in [0.15, 0.2) is 0 Å². The highest BCUT2D eigenvalue weighted by atomic mass is 16.5. The smallest absolute Gasteiger partial charge is 0.414 e. The molecule has 100 valence electrons. The fourth-order valence-electron chi connectivity index (χ4n) is 1.47. The molecule has 6 heteroatoms. The number of hydrogen-bond donors (Lipinski definition) is 1. The largest absolute Gasteiger partial charge is 0.497 e. The van der Waals surface area contributed by atoms with E-state index in [2.05, 4.69) is 10.3 Å². The molecule has 0 atom stereocenters. The van der Waals surface area contributed by atoms with Gasteiger partial charge in [-0.1, -0.05) is 0 Å². The van der Waals surface area contributed by atoms with Crippen LogP contribution in [-0.4, -0.2) is 24.8 Å². The molecule has 0 aliphatic carbocycles. The molecule has 1 heterocycles. The van der Waals surface area contributed by atoms with Crippen LogP contribution in [-0.2, 0) is 4.74 Å². The van der Waals surface area contributed by atoms with Crippen molar-refractivity contribution in [1.82, 2.24) is 4.98 Å². The molecule has 0 bridgehead atoms. The Hall–Kier alpha value is -2.50. The van der Waals surface area contributed by atoms with Crippen LogP contribution in [0.25, 0.3) is 11.5 Å². The van der Waals surface area contributed by atoms with Gasteiger partial charge < -0.3 is 13.9 Å². The van der Waals surface area contributed by atoms with Crippen LogP contribution in [0.4, 0.5) is 10.7 Å². The van der Waals surface area contributed by atoms with Crippen molar-refractivity contribution in [1.29, 1.82) is 0 Å². The Kier molecular flexibility index (Phi) is 4.02. The maximum atomic E-state index is 11.2. The number of oxazole rings is 1. The van der Waals surface area contributed by atoms with Gasteiger partial charge in [-0.25, -0.2) is 9.78 Å². The number of anilines is 1. The van der Waals surface area contributed by atoms with E-state index < -0.39 is 6.09 Å². The molecular weight excluding hydrogens is 248 g/mol. The Morgan fingerprint density at radius 1 is 1.37 bits per heavy atom. The van der Waals surface area contributed by atoms with Crippen LogP contribution in [0.2, 0.25) is 0 Å². The minimum Gasteiger partial charge on any atom is -0.497 e. The van der Waals surface area contributed by atoms with Crippen LogP contribution < -0.4 is 10.1 Å². The number of hydrogen-bond acceptors (Lipinski definition) is 5. The number of benzene rings is 1. The minimum absolute atomic E-state index is 0.240. The first-order valence-electron chi connectivity index (χ1n) is 5.77. The summed E-state index contributed by atoms with van der Waals surface area (Å²) in [6, 6.07) is 7.24. The average molecular weight is 262 g/mol. The first-order valence-corrected chi connectivity index (χ1v) is 5.77. The fourth-order valence-corrected chi connectivity index (χ4v) is 1.47. The van der Waals surface area contributed by atoms with Crippen molar-refractivity contribution in [2.24, 2.45) is 0 Å². The molecule has 6 nitrogen and oxygen atoms in total. The van der Waals surface area contributed by atoms with E-state index in [1.165, 1.54) is 6.20 Å². The van der Waals surface area contributed by atoms with E-state index in [9.17, 15) is 4.79 Å². The van der Waals surface area contributed by atoms with Crippen LogP contribution in [0, 0.1) is 0 Å². The van der Waals surface area contributed by atoms with Gasteiger partial charge in [-0.3, -0.25) is 5.32 Å². The molecule has 0 radical (unpaired) electrons. The summed E-state index contributed by atoms with van der Waals surface area (Å²) >= 11 is 0. The van der Waals surface area contributed by atoms with E-state index in [4.69, 9.17) is 13.9 Å². The average Bonchev–Trinajstić information content (AvgIpc) is 2.87. The van der Waals surface area contributed by atoms with Crippen molar-refractivity contribution in [2.45, 2.75) is 6.92 Å². The number of ether oxygens (including phenoxy) is 2. The monoisotopic (exact) mass is 262 g/mol. The highest BCUT2D eigenvalue weighted by Crippen LogP contribution is 2.23. The van der Waals surface area contributed by atoms with Crippen molar-refractivity contribution < 1.29 is 18.7 Å². The van der Waals surface area contributed by atoms with Crippen LogP contribution in [0.3, 0.4) is 0 Å². The number of aromatic nitrogens is 1. The molecule has 2 rings (SSSR count). The number of carbonyl (C=O) groups is 1. The Morgan fingerprint density at radius 2 is 2.11 bits per heavy atom. The molecule has 1 aromatic carbocycles. The number of amides is 1. The van der Waals surface area contributed by atoms with Gasteiger partial charge in [0.2, 0.25) is 11.8 Å². The lowest BCUT2D eigenvalue weighted by atomic mass is 10.2. The fraction of sp³-hybridized carbons (Fsp3) is 0.231. The molecule has 1 amide bonds. The number of nitrogens with zero attached hydrogens (tertiary/aromatic N) is 1. The summed E-state index contributed by atoms with van der Waals surface area (Å²) in [5.41, 5.74) is 0.790. The summed E-state index contributed by atoms with van der Waals surface area (Å²) in [4.78, 5) is 15.3. The Labute approximate surface area is 110 Å². The van der Waals surface area contributed by atoms with Crippen molar-refractivity contribution in [3.8, 4) is 17.2 Å². The molecule has 0 unspecified atom stereocenters. The Balaban J connectivity index is 2.09. The molecule has 0 saturated carbocycles. The van der Waals surface area contributed by atoms with Crippen molar-refractivity contribution in [2.75, 3.05) is 19.0 Å². The van der Waals surface area contributed by atoms with Gasteiger partial charge in [-0.05, 0) is 31.2 Å². The van der Waals surface area contributed by atoms with Gasteiger partial charge in [-0.2, -0.15) is 0 Å². The molecule has 0 aliphatic heterocycles. The third-order valence-corrected chi connectivity index (χ3v) is 2.34. The van der Waals surface area contributed by atoms with Gasteiger partial charge in [0, 0.05) is 5.56 Å². The molecule has 1 aromatic heterocycles. The lowest BCUT2D eigenvalue weighted by molar-refractivity contribution is 0.167. The van der Waals surface area contributed by atoms with E-state index >= 15 is 0 Å². The zero-order valence-corrected chi connectivity index (χ0v) is 10.7. The highest BCUT2D eigenvalue weighted by molar-refractivity contribution is 5.82. The zero-order chi connectivity index (χ0) is 13.7. The first-order chi connectivity index (χ1) is 9.22. The lowest BCUT2D eigenvalue weighted by Crippen LogP contribution is -2.12. The summed E-state index contributed by atoms with van der Waals surface area (Å²) in [5.74, 6) is 1.40. The van der Waals surface area contributed by atoms with Gasteiger partial charge in [0.1, 0.15) is 5.75 Å². The topological polar surface area (TPSA) is 73.6 Å². The van der Waals surface area contributed by atoms with Crippen LogP contribution in [0.5, 0.6) is 5.75 Å². The highest BCUT2D eigenvalue weighted by Gasteiger charge is 2.09. The van der Waals surface area contributed by atoms with E-state index in [0.717, 1.165) is 11.3 Å². The minimum atomic E-state index is -0.570.